The van der Waals surface area contributed by atoms with Gasteiger partial charge >= 0.3 is 0 Å². The van der Waals surface area contributed by atoms with Gasteiger partial charge in [-0.15, -0.1) is 0 Å². The van der Waals surface area contributed by atoms with Crippen LogP contribution >= 0.6 is 0 Å². The van der Waals surface area contributed by atoms with E-state index in [1.807, 2.05) is 20.8 Å². The summed E-state index contributed by atoms with van der Waals surface area (Å²) in [4.78, 5) is 0. The van der Waals surface area contributed by atoms with Crippen LogP contribution in [0.3, 0.4) is 0 Å². The summed E-state index contributed by atoms with van der Waals surface area (Å²) < 4.78 is 0. The van der Waals surface area contributed by atoms with Crippen LogP contribution in [0.15, 0.2) is 23.3 Å². The highest BCUT2D eigenvalue weighted by molar-refractivity contribution is 5.33. The van der Waals surface area contributed by atoms with Gasteiger partial charge in [-0.25, -0.2) is 0 Å². The summed E-state index contributed by atoms with van der Waals surface area (Å²) in [6, 6.07) is 0.302. The first kappa shape index (κ1) is 11.4. The Bertz CT molecular complexity index is 177. The fraction of sp³-hybridized carbons (Fsp3) is 0.636. The van der Waals surface area contributed by atoms with Gasteiger partial charge in [0.25, 0.3) is 0 Å². The molecule has 1 unspecified atom stereocenters. The van der Waals surface area contributed by atoms with Crippen molar-refractivity contribution in [3.8, 4) is 0 Å². The molecule has 1 aliphatic carbocycles. The summed E-state index contributed by atoms with van der Waals surface area (Å²) >= 11 is 0. The standard InChI is InChI=1S/C9H15N.C2H6/c1-3-4-8-7(2)5-6-9(8)10;1-2/h3-4,9H,5-6,10H2,1-2H3;1-2H3/b4-3-;. The second-order valence-electron chi connectivity index (χ2n) is 2.88. The van der Waals surface area contributed by atoms with Crippen molar-refractivity contribution in [2.75, 3.05) is 0 Å². The number of nitrogens with two attached hydrogens (primary N) is 1. The van der Waals surface area contributed by atoms with Crippen molar-refractivity contribution < 1.29 is 0 Å². The highest BCUT2D eigenvalue weighted by Gasteiger charge is 2.16. The predicted molar refractivity (Wildman–Crippen MR) is 56.1 cm³/mol. The normalized spacial score (nSPS) is 22.9. The van der Waals surface area contributed by atoms with Crippen LogP contribution in [0.2, 0.25) is 0 Å². The maximum absolute atomic E-state index is 5.85. The Morgan fingerprint density at radius 3 is 2.33 bits per heavy atom. The fourth-order valence-electron chi connectivity index (χ4n) is 1.43. The Morgan fingerprint density at radius 1 is 1.42 bits per heavy atom. The molecule has 0 bridgehead atoms. The van der Waals surface area contributed by atoms with E-state index in [0.717, 1.165) is 6.42 Å². The van der Waals surface area contributed by atoms with E-state index >= 15 is 0 Å². The lowest BCUT2D eigenvalue weighted by Crippen LogP contribution is -2.17. The summed E-state index contributed by atoms with van der Waals surface area (Å²) in [6.07, 6.45) is 6.50. The van der Waals surface area contributed by atoms with E-state index in [9.17, 15) is 0 Å². The topological polar surface area (TPSA) is 26.0 Å². The van der Waals surface area contributed by atoms with Gasteiger partial charge in [-0.3, -0.25) is 0 Å². The minimum Gasteiger partial charge on any atom is -0.324 e. The summed E-state index contributed by atoms with van der Waals surface area (Å²) in [5, 5.41) is 0. The molecule has 0 aromatic heterocycles. The van der Waals surface area contributed by atoms with Gasteiger partial charge in [-0.2, -0.15) is 0 Å². The van der Waals surface area contributed by atoms with Crippen LogP contribution in [-0.4, -0.2) is 6.04 Å². The fourth-order valence-corrected chi connectivity index (χ4v) is 1.43. The van der Waals surface area contributed by atoms with E-state index in [2.05, 4.69) is 19.1 Å². The first-order valence-electron chi connectivity index (χ1n) is 4.83. The third-order valence-corrected chi connectivity index (χ3v) is 2.07. The Balaban J connectivity index is 0.000000561. The van der Waals surface area contributed by atoms with Crippen LogP contribution < -0.4 is 5.73 Å². The molecule has 0 aromatic carbocycles. The minimum absolute atomic E-state index is 0.302. The summed E-state index contributed by atoms with van der Waals surface area (Å²) in [6.45, 7) is 8.20. The van der Waals surface area contributed by atoms with Crippen molar-refractivity contribution in [2.24, 2.45) is 5.73 Å². The Hall–Kier alpha value is -0.560. The van der Waals surface area contributed by atoms with Gasteiger partial charge in [0.15, 0.2) is 0 Å². The van der Waals surface area contributed by atoms with E-state index in [0.29, 0.717) is 6.04 Å². The number of allylic oxidation sites excluding steroid dienone is 2. The van der Waals surface area contributed by atoms with Gasteiger partial charge in [-0.05, 0) is 32.3 Å². The third kappa shape index (κ3) is 2.82. The molecule has 1 atom stereocenters. The molecule has 1 aliphatic rings. The van der Waals surface area contributed by atoms with Crippen LogP contribution in [0.4, 0.5) is 0 Å². The largest absolute Gasteiger partial charge is 0.324 e. The quantitative estimate of drug-likeness (QED) is 0.638. The number of hydrogen-bond acceptors (Lipinski definition) is 1. The Morgan fingerprint density at radius 2 is 2.00 bits per heavy atom. The van der Waals surface area contributed by atoms with Crippen LogP contribution in [-0.2, 0) is 0 Å². The molecular formula is C11H21N. The lowest BCUT2D eigenvalue weighted by Gasteiger charge is -2.03. The number of hydrogen-bond donors (Lipinski definition) is 1. The summed E-state index contributed by atoms with van der Waals surface area (Å²) in [5.74, 6) is 0. The van der Waals surface area contributed by atoms with E-state index in [4.69, 9.17) is 5.73 Å². The van der Waals surface area contributed by atoms with Crippen molar-refractivity contribution >= 4 is 0 Å². The van der Waals surface area contributed by atoms with Crippen molar-refractivity contribution in [3.63, 3.8) is 0 Å². The molecule has 0 saturated carbocycles. The van der Waals surface area contributed by atoms with Gasteiger partial charge in [0.2, 0.25) is 0 Å². The van der Waals surface area contributed by atoms with Crippen LogP contribution in [0.25, 0.3) is 0 Å². The first-order chi connectivity index (χ1) is 5.75. The smallest absolute Gasteiger partial charge is 0.0297 e. The average molecular weight is 167 g/mol. The minimum atomic E-state index is 0.302. The Kier molecular flexibility index (Phi) is 5.73. The second kappa shape index (κ2) is 6.01. The van der Waals surface area contributed by atoms with Crippen LogP contribution in [0, 0.1) is 0 Å². The molecule has 0 aromatic rings. The third-order valence-electron chi connectivity index (χ3n) is 2.07. The van der Waals surface area contributed by atoms with Gasteiger partial charge < -0.3 is 5.73 Å². The van der Waals surface area contributed by atoms with E-state index in [-0.39, 0.29) is 0 Å². The van der Waals surface area contributed by atoms with Crippen molar-refractivity contribution in [3.05, 3.63) is 23.3 Å². The molecule has 12 heavy (non-hydrogen) atoms. The maximum atomic E-state index is 5.85. The van der Waals surface area contributed by atoms with Gasteiger partial charge in [0.1, 0.15) is 0 Å². The lowest BCUT2D eigenvalue weighted by atomic mass is 10.1. The molecule has 0 spiro atoms. The van der Waals surface area contributed by atoms with E-state index in [1.54, 1.807) is 0 Å². The highest BCUT2D eigenvalue weighted by atomic mass is 14.6. The molecule has 1 nitrogen and oxygen atoms in total. The first-order valence-corrected chi connectivity index (χ1v) is 4.83. The lowest BCUT2D eigenvalue weighted by molar-refractivity contribution is 0.758. The molecule has 1 heteroatoms. The predicted octanol–water partition coefficient (Wildman–Crippen LogP) is 3.03. The Labute approximate surface area is 76.3 Å². The van der Waals surface area contributed by atoms with Crippen molar-refractivity contribution in [1.82, 2.24) is 0 Å². The molecule has 0 radical (unpaired) electrons. The van der Waals surface area contributed by atoms with E-state index < -0.39 is 0 Å². The molecule has 0 amide bonds. The zero-order valence-corrected chi connectivity index (χ0v) is 8.72. The van der Waals surface area contributed by atoms with Crippen molar-refractivity contribution in [2.45, 2.75) is 46.6 Å². The van der Waals surface area contributed by atoms with Crippen LogP contribution in [0.5, 0.6) is 0 Å². The van der Waals surface area contributed by atoms with Gasteiger partial charge in [-0.1, -0.05) is 31.6 Å². The molecule has 0 saturated heterocycles. The maximum Gasteiger partial charge on any atom is 0.0297 e. The highest BCUT2D eigenvalue weighted by Crippen LogP contribution is 2.25. The van der Waals surface area contributed by atoms with Gasteiger partial charge in [0, 0.05) is 6.04 Å². The molecule has 2 N–H and O–H groups in total. The summed E-state index contributed by atoms with van der Waals surface area (Å²) in [5.41, 5.74) is 8.66. The summed E-state index contributed by atoms with van der Waals surface area (Å²) in [7, 11) is 0. The van der Waals surface area contributed by atoms with E-state index in [1.165, 1.54) is 17.6 Å². The monoisotopic (exact) mass is 167 g/mol. The molecule has 0 aliphatic heterocycles. The zero-order valence-electron chi connectivity index (χ0n) is 8.72. The zero-order chi connectivity index (χ0) is 9.56. The SMILES string of the molecule is C/C=C\C1=C(C)CCC1N.CC. The second-order valence-corrected chi connectivity index (χ2v) is 2.88. The molecule has 0 fully saturated rings. The molecule has 70 valence electrons. The molecule has 0 heterocycles. The average Bonchev–Trinajstić information content (AvgIpc) is 2.40. The molecule has 1 rings (SSSR count). The van der Waals surface area contributed by atoms with Crippen molar-refractivity contribution in [1.29, 1.82) is 0 Å². The van der Waals surface area contributed by atoms with Crippen LogP contribution in [0.1, 0.15) is 40.5 Å². The number of rotatable bonds is 1. The molecular weight excluding hydrogens is 146 g/mol. The van der Waals surface area contributed by atoms with Gasteiger partial charge in [0.05, 0.1) is 0 Å².